The number of nitrogens with one attached hydrogen (secondary N) is 1. The summed E-state index contributed by atoms with van der Waals surface area (Å²) < 4.78 is 5.33. The van der Waals surface area contributed by atoms with Crippen molar-refractivity contribution in [1.29, 1.82) is 0 Å². The van der Waals surface area contributed by atoms with Gasteiger partial charge in [-0.3, -0.25) is 19.3 Å². The van der Waals surface area contributed by atoms with Crippen molar-refractivity contribution in [3.05, 3.63) is 75.2 Å². The molecule has 2 aromatic carbocycles. The summed E-state index contributed by atoms with van der Waals surface area (Å²) in [4.78, 5) is 46.5. The first-order valence-corrected chi connectivity index (χ1v) is 13.4. The van der Waals surface area contributed by atoms with E-state index in [2.05, 4.69) is 10.3 Å². The van der Waals surface area contributed by atoms with Gasteiger partial charge in [-0.1, -0.05) is 31.4 Å². The molecule has 1 aliphatic rings. The molecule has 4 rings (SSSR count). The topological polar surface area (TPSA) is 88.6 Å². The van der Waals surface area contributed by atoms with Gasteiger partial charge >= 0.3 is 0 Å². The molecule has 0 radical (unpaired) electrons. The monoisotopic (exact) mass is 519 g/mol. The van der Waals surface area contributed by atoms with Crippen LogP contribution in [-0.2, 0) is 4.79 Å². The van der Waals surface area contributed by atoms with E-state index >= 15 is 0 Å². The molecule has 8 heteroatoms. The zero-order valence-corrected chi connectivity index (χ0v) is 22.6. The Morgan fingerprint density at radius 2 is 1.65 bits per heavy atom. The first-order valence-electron chi connectivity index (χ1n) is 12.6. The van der Waals surface area contributed by atoms with Gasteiger partial charge in [0.2, 0.25) is 5.91 Å². The van der Waals surface area contributed by atoms with Gasteiger partial charge in [0.05, 0.1) is 17.8 Å². The fourth-order valence-corrected chi connectivity index (χ4v) is 5.67. The van der Waals surface area contributed by atoms with E-state index in [9.17, 15) is 14.4 Å². The SMILES string of the molecule is COc1ccc(C(C(=O)NC2CCCCC2)N(C(=O)c2sc(C)nc2C)c2ccc(C(C)=O)cc2)cc1. The Morgan fingerprint density at radius 1 is 1.00 bits per heavy atom. The molecule has 194 valence electrons. The largest absolute Gasteiger partial charge is 0.497 e. The summed E-state index contributed by atoms with van der Waals surface area (Å²) in [5.41, 5.74) is 2.35. The molecule has 2 amide bonds. The third-order valence-electron chi connectivity index (χ3n) is 6.76. The Hall–Kier alpha value is -3.52. The molecule has 1 atom stereocenters. The van der Waals surface area contributed by atoms with Crippen molar-refractivity contribution in [3.8, 4) is 5.75 Å². The van der Waals surface area contributed by atoms with Crippen LogP contribution in [0.15, 0.2) is 48.5 Å². The summed E-state index contributed by atoms with van der Waals surface area (Å²) in [5.74, 6) is 0.0474. The maximum absolute atomic E-state index is 14.2. The molecule has 0 bridgehead atoms. The lowest BCUT2D eigenvalue weighted by atomic mass is 9.94. The number of anilines is 1. The van der Waals surface area contributed by atoms with Crippen molar-refractivity contribution in [3.63, 3.8) is 0 Å². The number of methoxy groups -OCH3 is 1. The van der Waals surface area contributed by atoms with Crippen LogP contribution in [0.5, 0.6) is 5.75 Å². The quantitative estimate of drug-likeness (QED) is 0.380. The molecule has 1 aromatic heterocycles. The highest BCUT2D eigenvalue weighted by atomic mass is 32.1. The van der Waals surface area contributed by atoms with Crippen molar-refractivity contribution in [2.24, 2.45) is 0 Å². The minimum absolute atomic E-state index is 0.0694. The number of aromatic nitrogens is 1. The summed E-state index contributed by atoms with van der Waals surface area (Å²) in [6, 6.07) is 13.2. The number of thiazole rings is 1. The van der Waals surface area contributed by atoms with Gasteiger partial charge in [-0.05, 0) is 75.6 Å². The first kappa shape index (κ1) is 26.5. The van der Waals surface area contributed by atoms with E-state index < -0.39 is 6.04 Å². The van der Waals surface area contributed by atoms with Crippen LogP contribution in [0, 0.1) is 13.8 Å². The van der Waals surface area contributed by atoms with Crippen LogP contribution in [0.3, 0.4) is 0 Å². The zero-order chi connectivity index (χ0) is 26.5. The third kappa shape index (κ3) is 6.07. The van der Waals surface area contributed by atoms with E-state index in [1.165, 1.54) is 29.6 Å². The smallest absolute Gasteiger partial charge is 0.271 e. The lowest BCUT2D eigenvalue weighted by Gasteiger charge is -2.33. The van der Waals surface area contributed by atoms with Gasteiger partial charge in [-0.2, -0.15) is 0 Å². The number of amides is 2. The first-order chi connectivity index (χ1) is 17.8. The maximum atomic E-state index is 14.2. The molecule has 1 N–H and O–H groups in total. The Bertz CT molecular complexity index is 1260. The van der Waals surface area contributed by atoms with Crippen LogP contribution < -0.4 is 15.0 Å². The minimum atomic E-state index is -0.926. The summed E-state index contributed by atoms with van der Waals surface area (Å²) in [5, 5.41) is 4.00. The lowest BCUT2D eigenvalue weighted by Crippen LogP contribution is -2.47. The fraction of sp³-hybridized carbons (Fsp3) is 0.379. The molecule has 1 heterocycles. The highest BCUT2D eigenvalue weighted by molar-refractivity contribution is 7.13. The number of aryl methyl sites for hydroxylation is 2. The van der Waals surface area contributed by atoms with E-state index in [1.54, 1.807) is 50.4 Å². The minimum Gasteiger partial charge on any atom is -0.497 e. The van der Waals surface area contributed by atoms with Gasteiger partial charge in [0, 0.05) is 17.3 Å². The summed E-state index contributed by atoms with van der Waals surface area (Å²) >= 11 is 1.31. The highest BCUT2D eigenvalue weighted by Gasteiger charge is 2.36. The number of hydrogen-bond acceptors (Lipinski definition) is 6. The highest BCUT2D eigenvalue weighted by Crippen LogP contribution is 2.33. The molecule has 0 spiro atoms. The third-order valence-corrected chi connectivity index (χ3v) is 7.82. The predicted octanol–water partition coefficient (Wildman–Crippen LogP) is 5.81. The second-order valence-electron chi connectivity index (χ2n) is 9.44. The second kappa shape index (κ2) is 11.7. The van der Waals surface area contributed by atoms with Gasteiger partial charge < -0.3 is 10.1 Å². The Labute approximate surface area is 221 Å². The average Bonchev–Trinajstić information content (AvgIpc) is 3.25. The number of carbonyl (C=O) groups excluding carboxylic acids is 3. The van der Waals surface area contributed by atoms with Crippen LogP contribution >= 0.6 is 11.3 Å². The van der Waals surface area contributed by atoms with Crippen molar-refractivity contribution >= 4 is 34.6 Å². The number of carbonyl (C=O) groups is 3. The van der Waals surface area contributed by atoms with E-state index in [0.29, 0.717) is 33.1 Å². The molecular weight excluding hydrogens is 486 g/mol. The number of ketones is 1. The van der Waals surface area contributed by atoms with Crippen LogP contribution in [0.4, 0.5) is 5.69 Å². The number of rotatable bonds is 8. The lowest BCUT2D eigenvalue weighted by molar-refractivity contribution is -0.123. The number of hydrogen-bond donors (Lipinski definition) is 1. The van der Waals surface area contributed by atoms with Crippen LogP contribution in [0.25, 0.3) is 0 Å². The molecule has 0 aliphatic heterocycles. The predicted molar refractivity (Wildman–Crippen MR) is 146 cm³/mol. The van der Waals surface area contributed by atoms with E-state index in [-0.39, 0.29) is 23.6 Å². The number of benzene rings is 2. The molecule has 3 aromatic rings. The molecule has 1 aliphatic carbocycles. The number of nitrogens with zero attached hydrogens (tertiary/aromatic N) is 2. The van der Waals surface area contributed by atoms with Crippen LogP contribution in [0.1, 0.15) is 81.4 Å². The van der Waals surface area contributed by atoms with Gasteiger partial charge in [-0.25, -0.2) is 4.98 Å². The van der Waals surface area contributed by atoms with E-state index in [4.69, 9.17) is 4.74 Å². The van der Waals surface area contributed by atoms with Crippen LogP contribution in [0.2, 0.25) is 0 Å². The average molecular weight is 520 g/mol. The van der Waals surface area contributed by atoms with E-state index in [1.807, 2.05) is 19.1 Å². The second-order valence-corrected chi connectivity index (χ2v) is 10.6. The van der Waals surface area contributed by atoms with Crippen molar-refractivity contribution in [2.45, 2.75) is 65.0 Å². The fourth-order valence-electron chi connectivity index (χ4n) is 4.81. The van der Waals surface area contributed by atoms with Gasteiger partial charge in [0.25, 0.3) is 5.91 Å². The van der Waals surface area contributed by atoms with Crippen LogP contribution in [-0.4, -0.2) is 35.7 Å². The molecule has 7 nitrogen and oxygen atoms in total. The maximum Gasteiger partial charge on any atom is 0.271 e. The van der Waals surface area contributed by atoms with Crippen molar-refractivity contribution in [1.82, 2.24) is 10.3 Å². The van der Waals surface area contributed by atoms with Gasteiger partial charge in [0.15, 0.2) is 5.78 Å². The zero-order valence-electron chi connectivity index (χ0n) is 21.7. The van der Waals surface area contributed by atoms with Gasteiger partial charge in [0.1, 0.15) is 16.7 Å². The Morgan fingerprint density at radius 3 is 2.19 bits per heavy atom. The molecule has 1 fully saturated rings. The normalized spacial score (nSPS) is 14.6. The molecular formula is C29H33N3O4S. The molecule has 0 saturated heterocycles. The summed E-state index contributed by atoms with van der Waals surface area (Å²) in [6.07, 6.45) is 5.18. The van der Waals surface area contributed by atoms with Crippen molar-refractivity contribution < 1.29 is 19.1 Å². The standard InChI is InChI=1S/C29H33N3O4S/c1-18-27(37-20(3)30-18)29(35)32(24-14-10-21(11-15-24)19(2)33)26(22-12-16-25(36-4)17-13-22)28(34)31-23-8-6-5-7-9-23/h10-17,23,26H,5-9H2,1-4H3,(H,31,34). The van der Waals surface area contributed by atoms with E-state index in [0.717, 1.165) is 30.7 Å². The number of ether oxygens (including phenoxy) is 1. The number of Topliss-reactive ketones (excluding diaryl/α,β-unsaturated/α-hetero) is 1. The van der Waals surface area contributed by atoms with Gasteiger partial charge in [-0.15, -0.1) is 11.3 Å². The van der Waals surface area contributed by atoms with Crippen molar-refractivity contribution in [2.75, 3.05) is 12.0 Å². The Balaban J connectivity index is 1.83. The summed E-state index contributed by atoms with van der Waals surface area (Å²) in [7, 11) is 1.59. The molecule has 37 heavy (non-hydrogen) atoms. The molecule has 1 unspecified atom stereocenters. The molecule has 1 saturated carbocycles. The Kier molecular flexibility index (Phi) is 8.38. The summed E-state index contributed by atoms with van der Waals surface area (Å²) in [6.45, 7) is 5.16.